The van der Waals surface area contributed by atoms with Gasteiger partial charge in [0.05, 0.1) is 6.04 Å². The maximum Gasteiger partial charge on any atom is 0.0724 e. The van der Waals surface area contributed by atoms with Gasteiger partial charge in [0, 0.05) is 10.0 Å². The molecule has 0 aliphatic heterocycles. The maximum atomic E-state index is 6.20. The van der Waals surface area contributed by atoms with Crippen LogP contribution in [0.1, 0.15) is 22.7 Å². The number of nitrogens with one attached hydrogen (secondary N) is 1. The van der Waals surface area contributed by atoms with Crippen LogP contribution in [0.15, 0.2) is 42.5 Å². The summed E-state index contributed by atoms with van der Waals surface area (Å²) < 4.78 is 0. The number of hydrogen-bond donors (Lipinski definition) is 2. The van der Waals surface area contributed by atoms with Crippen LogP contribution >= 0.6 is 23.2 Å². The monoisotopic (exact) mass is 280 g/mol. The molecule has 1 unspecified atom stereocenters. The molecular formula is C14H14Cl2N2. The quantitative estimate of drug-likeness (QED) is 0.662. The second kappa shape index (κ2) is 5.72. The standard InChI is InChI=1S/C14H14Cl2N2/c1-9-2-4-10(5-3-9)14(18-17)12-7-6-11(15)8-13(12)16/h2-8,14,18H,17H2,1H3. The number of benzene rings is 2. The second-order valence-corrected chi connectivity index (χ2v) is 5.02. The molecule has 2 aromatic carbocycles. The Bertz CT molecular complexity index is 538. The van der Waals surface area contributed by atoms with E-state index in [0.29, 0.717) is 10.0 Å². The van der Waals surface area contributed by atoms with Crippen LogP contribution < -0.4 is 11.3 Å². The van der Waals surface area contributed by atoms with E-state index in [1.807, 2.05) is 37.3 Å². The Hall–Kier alpha value is -1.06. The summed E-state index contributed by atoms with van der Waals surface area (Å²) in [5, 5.41) is 1.22. The zero-order valence-electron chi connectivity index (χ0n) is 9.95. The summed E-state index contributed by atoms with van der Waals surface area (Å²) in [6.45, 7) is 2.05. The number of halogens is 2. The van der Waals surface area contributed by atoms with Gasteiger partial charge in [-0.05, 0) is 30.2 Å². The summed E-state index contributed by atoms with van der Waals surface area (Å²) in [7, 11) is 0. The summed E-state index contributed by atoms with van der Waals surface area (Å²) >= 11 is 12.1. The smallest absolute Gasteiger partial charge is 0.0724 e. The molecule has 94 valence electrons. The lowest BCUT2D eigenvalue weighted by molar-refractivity contribution is 0.637. The zero-order valence-corrected chi connectivity index (χ0v) is 11.5. The zero-order chi connectivity index (χ0) is 13.1. The van der Waals surface area contributed by atoms with Crippen LogP contribution in [-0.4, -0.2) is 0 Å². The first-order valence-electron chi connectivity index (χ1n) is 5.59. The van der Waals surface area contributed by atoms with Crippen molar-refractivity contribution in [2.75, 3.05) is 0 Å². The molecule has 2 aromatic rings. The van der Waals surface area contributed by atoms with E-state index < -0.39 is 0 Å². The molecule has 3 N–H and O–H groups in total. The fraction of sp³-hybridized carbons (Fsp3) is 0.143. The van der Waals surface area contributed by atoms with Gasteiger partial charge >= 0.3 is 0 Å². The van der Waals surface area contributed by atoms with Crippen LogP contribution in [0.2, 0.25) is 10.0 Å². The molecule has 0 saturated heterocycles. The van der Waals surface area contributed by atoms with Crippen molar-refractivity contribution in [2.24, 2.45) is 5.84 Å². The van der Waals surface area contributed by atoms with Crippen LogP contribution in [0.5, 0.6) is 0 Å². The SMILES string of the molecule is Cc1ccc(C(NN)c2ccc(Cl)cc2Cl)cc1. The summed E-state index contributed by atoms with van der Waals surface area (Å²) in [4.78, 5) is 0. The third-order valence-corrected chi connectivity index (χ3v) is 3.41. The van der Waals surface area contributed by atoms with Crippen LogP contribution in [0.4, 0.5) is 0 Å². The summed E-state index contributed by atoms with van der Waals surface area (Å²) in [6.07, 6.45) is 0. The molecule has 0 aromatic heterocycles. The van der Waals surface area contributed by atoms with Crippen molar-refractivity contribution in [2.45, 2.75) is 13.0 Å². The average Bonchev–Trinajstić information content (AvgIpc) is 2.35. The van der Waals surface area contributed by atoms with E-state index >= 15 is 0 Å². The Morgan fingerprint density at radius 2 is 1.72 bits per heavy atom. The van der Waals surface area contributed by atoms with Gasteiger partial charge in [0.2, 0.25) is 0 Å². The fourth-order valence-electron chi connectivity index (χ4n) is 1.86. The average molecular weight is 281 g/mol. The van der Waals surface area contributed by atoms with Crippen molar-refractivity contribution >= 4 is 23.2 Å². The molecule has 0 bridgehead atoms. The van der Waals surface area contributed by atoms with Gasteiger partial charge in [-0.15, -0.1) is 0 Å². The first-order valence-corrected chi connectivity index (χ1v) is 6.35. The van der Waals surface area contributed by atoms with Crippen molar-refractivity contribution in [3.8, 4) is 0 Å². The Morgan fingerprint density at radius 1 is 1.06 bits per heavy atom. The second-order valence-electron chi connectivity index (χ2n) is 4.18. The predicted octanol–water partition coefficient (Wildman–Crippen LogP) is 3.85. The highest BCUT2D eigenvalue weighted by molar-refractivity contribution is 6.35. The van der Waals surface area contributed by atoms with Crippen LogP contribution in [0.3, 0.4) is 0 Å². The van der Waals surface area contributed by atoms with Crippen molar-refractivity contribution in [3.05, 3.63) is 69.2 Å². The lowest BCUT2D eigenvalue weighted by Crippen LogP contribution is -2.29. The Labute approximate surface area is 117 Å². The van der Waals surface area contributed by atoms with Crippen LogP contribution in [0.25, 0.3) is 0 Å². The highest BCUT2D eigenvalue weighted by Crippen LogP contribution is 2.30. The van der Waals surface area contributed by atoms with Gasteiger partial charge in [-0.3, -0.25) is 5.84 Å². The molecule has 0 radical (unpaired) electrons. The van der Waals surface area contributed by atoms with Gasteiger partial charge in [-0.25, -0.2) is 5.43 Å². The number of nitrogens with two attached hydrogens (primary N) is 1. The van der Waals surface area contributed by atoms with Crippen molar-refractivity contribution in [3.63, 3.8) is 0 Å². The van der Waals surface area contributed by atoms with Gasteiger partial charge in [0.25, 0.3) is 0 Å². The Kier molecular flexibility index (Phi) is 4.25. The molecule has 2 nitrogen and oxygen atoms in total. The molecule has 0 heterocycles. The van der Waals surface area contributed by atoms with Gasteiger partial charge in [-0.2, -0.15) is 0 Å². The molecular weight excluding hydrogens is 267 g/mol. The summed E-state index contributed by atoms with van der Waals surface area (Å²) in [5.74, 6) is 5.64. The highest BCUT2D eigenvalue weighted by Gasteiger charge is 2.15. The third kappa shape index (κ3) is 2.85. The van der Waals surface area contributed by atoms with E-state index in [1.54, 1.807) is 12.1 Å². The minimum atomic E-state index is -0.143. The van der Waals surface area contributed by atoms with E-state index in [2.05, 4.69) is 5.43 Å². The molecule has 0 saturated carbocycles. The lowest BCUT2D eigenvalue weighted by Gasteiger charge is -2.18. The van der Waals surface area contributed by atoms with Gasteiger partial charge in [0.15, 0.2) is 0 Å². The molecule has 0 aliphatic carbocycles. The Balaban J connectivity index is 2.41. The van der Waals surface area contributed by atoms with Crippen molar-refractivity contribution < 1.29 is 0 Å². The van der Waals surface area contributed by atoms with Crippen molar-refractivity contribution in [1.29, 1.82) is 0 Å². The molecule has 0 spiro atoms. The van der Waals surface area contributed by atoms with E-state index in [9.17, 15) is 0 Å². The summed E-state index contributed by atoms with van der Waals surface area (Å²) in [6, 6.07) is 13.4. The first-order chi connectivity index (χ1) is 8.61. The maximum absolute atomic E-state index is 6.20. The number of rotatable bonds is 3. The van der Waals surface area contributed by atoms with Gasteiger partial charge in [-0.1, -0.05) is 59.1 Å². The minimum Gasteiger partial charge on any atom is -0.271 e. The number of hydrazine groups is 1. The van der Waals surface area contributed by atoms with Gasteiger partial charge < -0.3 is 0 Å². The highest BCUT2D eigenvalue weighted by atomic mass is 35.5. The van der Waals surface area contributed by atoms with Crippen LogP contribution in [-0.2, 0) is 0 Å². The molecule has 4 heteroatoms. The third-order valence-electron chi connectivity index (χ3n) is 2.85. The van der Waals surface area contributed by atoms with Gasteiger partial charge in [0.1, 0.15) is 0 Å². The van der Waals surface area contributed by atoms with E-state index in [0.717, 1.165) is 11.1 Å². The van der Waals surface area contributed by atoms with E-state index in [1.165, 1.54) is 5.56 Å². The number of hydrogen-bond acceptors (Lipinski definition) is 2. The molecule has 2 rings (SSSR count). The fourth-order valence-corrected chi connectivity index (χ4v) is 2.38. The normalized spacial score (nSPS) is 12.4. The van der Waals surface area contributed by atoms with E-state index in [-0.39, 0.29) is 6.04 Å². The molecule has 0 amide bonds. The summed E-state index contributed by atoms with van der Waals surface area (Å²) in [5.41, 5.74) is 5.96. The molecule has 18 heavy (non-hydrogen) atoms. The lowest BCUT2D eigenvalue weighted by atomic mass is 9.98. The van der Waals surface area contributed by atoms with Crippen LogP contribution in [0, 0.1) is 6.92 Å². The Morgan fingerprint density at radius 3 is 2.28 bits per heavy atom. The minimum absolute atomic E-state index is 0.143. The predicted molar refractivity (Wildman–Crippen MR) is 76.8 cm³/mol. The largest absolute Gasteiger partial charge is 0.271 e. The van der Waals surface area contributed by atoms with E-state index in [4.69, 9.17) is 29.0 Å². The first kappa shape index (κ1) is 13.4. The number of aryl methyl sites for hydroxylation is 1. The van der Waals surface area contributed by atoms with Crippen molar-refractivity contribution in [1.82, 2.24) is 5.43 Å². The topological polar surface area (TPSA) is 38.0 Å². The molecule has 0 aliphatic rings. The molecule has 1 atom stereocenters. The molecule has 0 fully saturated rings.